The molecule has 0 unspecified atom stereocenters. The lowest BCUT2D eigenvalue weighted by atomic mass is 10.1. The number of primary amides is 2. The van der Waals surface area contributed by atoms with E-state index in [1.807, 2.05) is 0 Å². The molecule has 0 aromatic rings. The Labute approximate surface area is 53.2 Å². The topological polar surface area (TPSA) is 86.2 Å². The fourth-order valence-electron chi connectivity index (χ4n) is 0.470. The lowest BCUT2D eigenvalue weighted by Crippen LogP contribution is -2.32. The van der Waals surface area contributed by atoms with Crippen LogP contribution in [-0.2, 0) is 9.59 Å². The minimum absolute atomic E-state index is 0.0324. The first-order valence-electron chi connectivity index (χ1n) is 2.55. The Morgan fingerprint density at radius 1 is 1.22 bits per heavy atom. The molecule has 0 spiro atoms. The van der Waals surface area contributed by atoms with Crippen molar-refractivity contribution in [2.75, 3.05) is 0 Å². The summed E-state index contributed by atoms with van der Waals surface area (Å²) in [6.45, 7) is 1.64. The first-order chi connectivity index (χ1) is 4.09. The fourth-order valence-corrected chi connectivity index (χ4v) is 0.470. The van der Waals surface area contributed by atoms with E-state index in [2.05, 4.69) is 0 Å². The molecule has 1 radical (unpaired) electrons. The Hall–Kier alpha value is -1.06. The van der Waals surface area contributed by atoms with E-state index >= 15 is 0 Å². The Balaban J connectivity index is 3.99. The molecule has 0 saturated heterocycles. The average molecular weight is 129 g/mol. The van der Waals surface area contributed by atoms with Crippen LogP contribution in [0.15, 0.2) is 0 Å². The first-order valence-corrected chi connectivity index (χ1v) is 2.55. The number of nitrogens with two attached hydrogens (primary N) is 2. The van der Waals surface area contributed by atoms with Gasteiger partial charge in [0.25, 0.3) is 0 Å². The Morgan fingerprint density at radius 2 is 1.56 bits per heavy atom. The van der Waals surface area contributed by atoms with Gasteiger partial charge in [-0.2, -0.15) is 0 Å². The summed E-state index contributed by atoms with van der Waals surface area (Å²) < 4.78 is 0. The fraction of sp³-hybridized carbons (Fsp3) is 0.400. The number of hydrogen-bond acceptors (Lipinski definition) is 2. The number of hydrogen-bond donors (Lipinski definition) is 2. The molecule has 4 N–H and O–H groups in total. The Morgan fingerprint density at radius 3 is 1.56 bits per heavy atom. The monoisotopic (exact) mass is 129 g/mol. The molecule has 0 aliphatic carbocycles. The molecule has 0 fully saturated rings. The van der Waals surface area contributed by atoms with Crippen LogP contribution in [0, 0.1) is 5.92 Å². The molecule has 0 bridgehead atoms. The summed E-state index contributed by atoms with van der Waals surface area (Å²) in [5.41, 5.74) is 9.54. The molecular weight excluding hydrogens is 120 g/mol. The van der Waals surface area contributed by atoms with Crippen LogP contribution in [0.4, 0.5) is 0 Å². The maximum absolute atomic E-state index is 10.3. The van der Waals surface area contributed by atoms with Crippen LogP contribution in [0.3, 0.4) is 0 Å². The number of amides is 2. The molecule has 0 aliphatic heterocycles. The number of rotatable bonds is 3. The SMILES string of the molecule is CC[C](C(N)=O)C(N)=O. The van der Waals surface area contributed by atoms with Crippen LogP contribution in [0.2, 0.25) is 0 Å². The number of carbonyl (C=O) groups excluding carboxylic acids is 2. The summed E-state index contributed by atoms with van der Waals surface area (Å²) in [6.07, 6.45) is 0.296. The molecule has 2 amide bonds. The molecule has 0 aromatic heterocycles. The van der Waals surface area contributed by atoms with E-state index < -0.39 is 11.8 Å². The van der Waals surface area contributed by atoms with Gasteiger partial charge in [0.2, 0.25) is 11.8 Å². The first kappa shape index (κ1) is 7.94. The van der Waals surface area contributed by atoms with Crippen molar-refractivity contribution in [3.63, 3.8) is 0 Å². The zero-order valence-corrected chi connectivity index (χ0v) is 5.18. The quantitative estimate of drug-likeness (QED) is 0.476. The lowest BCUT2D eigenvalue weighted by Gasteiger charge is -2.01. The maximum atomic E-state index is 10.3. The largest absolute Gasteiger partial charge is 0.369 e. The third-order valence-electron chi connectivity index (χ3n) is 0.948. The summed E-state index contributed by atoms with van der Waals surface area (Å²) in [5, 5.41) is 0. The summed E-state index contributed by atoms with van der Waals surface area (Å²) in [5.74, 6) is -1.50. The Kier molecular flexibility index (Phi) is 2.70. The standard InChI is InChI=1S/C5H9N2O2/c1-2-3(4(6)8)5(7)9/h2H2,1H3,(H2,6,8)(H2,7,9). The molecule has 0 heterocycles. The molecule has 4 nitrogen and oxygen atoms in total. The van der Waals surface area contributed by atoms with Gasteiger partial charge in [0, 0.05) is 0 Å². The summed E-state index contributed by atoms with van der Waals surface area (Å²) in [4.78, 5) is 20.5. The number of carbonyl (C=O) groups is 2. The van der Waals surface area contributed by atoms with E-state index in [0.717, 1.165) is 0 Å². The minimum Gasteiger partial charge on any atom is -0.369 e. The van der Waals surface area contributed by atoms with Crippen molar-refractivity contribution in [3.05, 3.63) is 5.92 Å². The van der Waals surface area contributed by atoms with E-state index in [0.29, 0.717) is 6.42 Å². The summed E-state index contributed by atoms with van der Waals surface area (Å²) >= 11 is 0. The van der Waals surface area contributed by atoms with Crippen LogP contribution in [-0.4, -0.2) is 11.8 Å². The molecule has 0 aromatic carbocycles. The van der Waals surface area contributed by atoms with Gasteiger partial charge in [-0.25, -0.2) is 0 Å². The highest BCUT2D eigenvalue weighted by atomic mass is 16.2. The minimum atomic E-state index is -0.731. The van der Waals surface area contributed by atoms with Crippen LogP contribution >= 0.6 is 0 Å². The molecule has 0 saturated carbocycles. The van der Waals surface area contributed by atoms with E-state index in [9.17, 15) is 9.59 Å². The highest BCUT2D eigenvalue weighted by molar-refractivity contribution is 6.13. The predicted molar refractivity (Wildman–Crippen MR) is 31.9 cm³/mol. The zero-order chi connectivity index (χ0) is 7.44. The van der Waals surface area contributed by atoms with Crippen LogP contribution in [0.5, 0.6) is 0 Å². The molecular formula is C5H9N2O2. The average Bonchev–Trinajstić information content (AvgIpc) is 1.64. The molecule has 0 rings (SSSR count). The normalized spacial score (nSPS) is 9.56. The van der Waals surface area contributed by atoms with Gasteiger partial charge < -0.3 is 11.5 Å². The molecule has 4 heteroatoms. The summed E-state index contributed by atoms with van der Waals surface area (Å²) in [7, 11) is 0. The van der Waals surface area contributed by atoms with Gasteiger partial charge in [-0.3, -0.25) is 9.59 Å². The summed E-state index contributed by atoms with van der Waals surface area (Å²) in [6, 6.07) is 0. The van der Waals surface area contributed by atoms with Crippen molar-refractivity contribution in [2.24, 2.45) is 11.5 Å². The van der Waals surface area contributed by atoms with Crippen molar-refractivity contribution in [1.82, 2.24) is 0 Å². The van der Waals surface area contributed by atoms with Crippen molar-refractivity contribution in [3.8, 4) is 0 Å². The van der Waals surface area contributed by atoms with E-state index in [4.69, 9.17) is 11.5 Å². The van der Waals surface area contributed by atoms with Gasteiger partial charge in [-0.1, -0.05) is 6.92 Å². The van der Waals surface area contributed by atoms with Crippen molar-refractivity contribution in [2.45, 2.75) is 13.3 Å². The second kappa shape index (κ2) is 3.06. The van der Waals surface area contributed by atoms with E-state index in [1.54, 1.807) is 6.92 Å². The highest BCUT2D eigenvalue weighted by Crippen LogP contribution is 2.01. The predicted octanol–water partition coefficient (Wildman–Crippen LogP) is -1.06. The highest BCUT2D eigenvalue weighted by Gasteiger charge is 2.19. The third kappa shape index (κ3) is 2.12. The van der Waals surface area contributed by atoms with Gasteiger partial charge >= 0.3 is 0 Å². The molecule has 9 heavy (non-hydrogen) atoms. The van der Waals surface area contributed by atoms with Gasteiger partial charge in [-0.15, -0.1) is 0 Å². The van der Waals surface area contributed by atoms with Gasteiger partial charge in [0.1, 0.15) is 5.92 Å². The van der Waals surface area contributed by atoms with Gasteiger partial charge in [-0.05, 0) is 6.42 Å². The second-order valence-corrected chi connectivity index (χ2v) is 1.56. The third-order valence-corrected chi connectivity index (χ3v) is 0.948. The molecule has 0 aliphatic rings. The second-order valence-electron chi connectivity index (χ2n) is 1.56. The molecule has 0 atom stereocenters. The van der Waals surface area contributed by atoms with Crippen molar-refractivity contribution in [1.29, 1.82) is 0 Å². The van der Waals surface area contributed by atoms with Crippen LogP contribution in [0.1, 0.15) is 13.3 Å². The Bertz CT molecular complexity index is 119. The zero-order valence-electron chi connectivity index (χ0n) is 5.18. The van der Waals surface area contributed by atoms with E-state index in [1.165, 1.54) is 0 Å². The molecule has 51 valence electrons. The van der Waals surface area contributed by atoms with Gasteiger partial charge in [0.15, 0.2) is 0 Å². The van der Waals surface area contributed by atoms with Crippen LogP contribution in [0.25, 0.3) is 0 Å². The van der Waals surface area contributed by atoms with Gasteiger partial charge in [0.05, 0.1) is 0 Å². The van der Waals surface area contributed by atoms with E-state index in [-0.39, 0.29) is 5.92 Å². The van der Waals surface area contributed by atoms with Crippen LogP contribution < -0.4 is 11.5 Å². The smallest absolute Gasteiger partial charge is 0.234 e. The van der Waals surface area contributed by atoms with Crippen molar-refractivity contribution >= 4 is 11.8 Å². The lowest BCUT2D eigenvalue weighted by molar-refractivity contribution is -0.123. The maximum Gasteiger partial charge on any atom is 0.234 e. The van der Waals surface area contributed by atoms with Crippen molar-refractivity contribution < 1.29 is 9.59 Å².